The molecule has 1 saturated heterocycles. The van der Waals surface area contributed by atoms with Gasteiger partial charge < -0.3 is 25.0 Å². The third kappa shape index (κ3) is 7.37. The van der Waals surface area contributed by atoms with Gasteiger partial charge in [-0.25, -0.2) is 4.79 Å². The molecule has 7 heteroatoms. The molecule has 1 amide bonds. The minimum atomic E-state index is -0.216. The van der Waals surface area contributed by atoms with Crippen molar-refractivity contribution in [1.29, 1.82) is 0 Å². The molecule has 0 spiro atoms. The van der Waals surface area contributed by atoms with Gasteiger partial charge in [-0.2, -0.15) is 0 Å². The largest absolute Gasteiger partial charge is 0.494 e. The van der Waals surface area contributed by atoms with E-state index in [0.29, 0.717) is 32.3 Å². The zero-order chi connectivity index (χ0) is 19.5. The molecular formula is C20H32N4O3. The van der Waals surface area contributed by atoms with Crippen LogP contribution in [0.1, 0.15) is 31.7 Å². The highest BCUT2D eigenvalue weighted by Crippen LogP contribution is 2.12. The van der Waals surface area contributed by atoms with Crippen LogP contribution in [0.4, 0.5) is 4.79 Å². The van der Waals surface area contributed by atoms with E-state index in [1.165, 1.54) is 5.56 Å². The monoisotopic (exact) mass is 376 g/mol. The number of amides is 1. The lowest BCUT2D eigenvalue weighted by Gasteiger charge is -2.32. The number of rotatable bonds is 7. The van der Waals surface area contributed by atoms with E-state index >= 15 is 0 Å². The zero-order valence-electron chi connectivity index (χ0n) is 16.7. The third-order valence-electron chi connectivity index (χ3n) is 4.49. The first-order valence-electron chi connectivity index (χ1n) is 9.70. The summed E-state index contributed by atoms with van der Waals surface area (Å²) in [6, 6.07) is 8.39. The van der Waals surface area contributed by atoms with E-state index in [-0.39, 0.29) is 6.09 Å². The molecule has 0 radical (unpaired) electrons. The van der Waals surface area contributed by atoms with Crippen LogP contribution in [0.5, 0.6) is 5.75 Å². The van der Waals surface area contributed by atoms with Gasteiger partial charge in [-0.3, -0.25) is 4.99 Å². The Balaban J connectivity index is 1.60. The molecule has 0 unspecified atom stereocenters. The Morgan fingerprint density at radius 3 is 2.59 bits per heavy atom. The topological polar surface area (TPSA) is 75.2 Å². The predicted octanol–water partition coefficient (Wildman–Crippen LogP) is 2.55. The van der Waals surface area contributed by atoms with Gasteiger partial charge in [-0.1, -0.05) is 17.7 Å². The van der Waals surface area contributed by atoms with E-state index in [2.05, 4.69) is 22.5 Å². The van der Waals surface area contributed by atoms with Crippen molar-refractivity contribution in [2.75, 3.05) is 39.9 Å². The SMILES string of the molecule is CCOC(=O)N1CCC(NC(=NC)NCCCOc2ccc(C)cc2)CC1. The predicted molar refractivity (Wildman–Crippen MR) is 107 cm³/mol. The smallest absolute Gasteiger partial charge is 0.409 e. The van der Waals surface area contributed by atoms with Gasteiger partial charge in [0, 0.05) is 32.7 Å². The minimum absolute atomic E-state index is 0.216. The van der Waals surface area contributed by atoms with Gasteiger partial charge in [-0.15, -0.1) is 0 Å². The number of aryl methyl sites for hydroxylation is 1. The zero-order valence-corrected chi connectivity index (χ0v) is 16.7. The molecule has 150 valence electrons. The van der Waals surface area contributed by atoms with Crippen LogP contribution in [0.15, 0.2) is 29.3 Å². The van der Waals surface area contributed by atoms with Crippen LogP contribution in [0.25, 0.3) is 0 Å². The maximum Gasteiger partial charge on any atom is 0.409 e. The highest BCUT2D eigenvalue weighted by molar-refractivity contribution is 5.80. The normalized spacial score (nSPS) is 15.4. The second-order valence-corrected chi connectivity index (χ2v) is 6.62. The molecule has 1 aromatic carbocycles. The maximum atomic E-state index is 11.7. The van der Waals surface area contributed by atoms with E-state index in [4.69, 9.17) is 9.47 Å². The van der Waals surface area contributed by atoms with Crippen molar-refractivity contribution in [1.82, 2.24) is 15.5 Å². The van der Waals surface area contributed by atoms with E-state index in [1.807, 2.05) is 31.2 Å². The number of carbonyl (C=O) groups is 1. The lowest BCUT2D eigenvalue weighted by molar-refractivity contribution is 0.0963. The van der Waals surface area contributed by atoms with Crippen LogP contribution in [-0.2, 0) is 4.74 Å². The summed E-state index contributed by atoms with van der Waals surface area (Å²) >= 11 is 0. The Morgan fingerprint density at radius 2 is 1.96 bits per heavy atom. The summed E-state index contributed by atoms with van der Waals surface area (Å²) in [6.07, 6.45) is 2.44. The molecule has 0 aliphatic carbocycles. The highest BCUT2D eigenvalue weighted by Gasteiger charge is 2.23. The quantitative estimate of drug-likeness (QED) is 0.435. The number of hydrogen-bond acceptors (Lipinski definition) is 4. The second-order valence-electron chi connectivity index (χ2n) is 6.62. The van der Waals surface area contributed by atoms with Gasteiger partial charge >= 0.3 is 6.09 Å². The number of benzene rings is 1. The average molecular weight is 377 g/mol. The number of piperidine rings is 1. The highest BCUT2D eigenvalue weighted by atomic mass is 16.6. The fourth-order valence-corrected chi connectivity index (χ4v) is 2.91. The molecule has 0 aromatic heterocycles. The molecule has 1 aliphatic rings. The van der Waals surface area contributed by atoms with Gasteiger partial charge in [0.1, 0.15) is 5.75 Å². The molecule has 1 heterocycles. The first-order chi connectivity index (χ1) is 13.1. The fraction of sp³-hybridized carbons (Fsp3) is 0.600. The van der Waals surface area contributed by atoms with Crippen LogP contribution in [-0.4, -0.2) is 62.9 Å². The van der Waals surface area contributed by atoms with Crippen molar-refractivity contribution in [3.63, 3.8) is 0 Å². The molecule has 0 saturated carbocycles. The summed E-state index contributed by atoms with van der Waals surface area (Å²) in [4.78, 5) is 17.8. The minimum Gasteiger partial charge on any atom is -0.494 e. The molecule has 27 heavy (non-hydrogen) atoms. The molecule has 2 rings (SSSR count). The molecule has 1 aromatic rings. The molecule has 1 fully saturated rings. The average Bonchev–Trinajstić information content (AvgIpc) is 2.69. The number of guanidine groups is 1. The van der Waals surface area contributed by atoms with Crippen molar-refractivity contribution in [3.8, 4) is 5.75 Å². The standard InChI is InChI=1S/C20H32N4O3/c1-4-26-20(25)24-13-10-17(11-14-24)23-19(21-3)22-12-5-15-27-18-8-6-16(2)7-9-18/h6-9,17H,4-5,10-15H2,1-3H3,(H2,21,22,23). The Morgan fingerprint density at radius 1 is 1.26 bits per heavy atom. The van der Waals surface area contributed by atoms with Gasteiger partial charge in [0.2, 0.25) is 0 Å². The van der Waals surface area contributed by atoms with Crippen molar-refractivity contribution < 1.29 is 14.3 Å². The van der Waals surface area contributed by atoms with Crippen LogP contribution in [0.2, 0.25) is 0 Å². The lowest BCUT2D eigenvalue weighted by atomic mass is 10.1. The van der Waals surface area contributed by atoms with Gasteiger partial charge in [-0.05, 0) is 45.2 Å². The van der Waals surface area contributed by atoms with Crippen molar-refractivity contribution in [2.45, 2.75) is 39.2 Å². The summed E-state index contributed by atoms with van der Waals surface area (Å²) in [7, 11) is 1.77. The van der Waals surface area contributed by atoms with Crippen LogP contribution in [0.3, 0.4) is 0 Å². The van der Waals surface area contributed by atoms with Crippen LogP contribution in [0, 0.1) is 6.92 Å². The number of hydrogen-bond donors (Lipinski definition) is 2. The molecule has 7 nitrogen and oxygen atoms in total. The van der Waals surface area contributed by atoms with E-state index in [9.17, 15) is 4.79 Å². The Kier molecular flexibility index (Phi) is 8.74. The lowest BCUT2D eigenvalue weighted by Crippen LogP contribution is -2.50. The van der Waals surface area contributed by atoms with E-state index in [0.717, 1.165) is 37.5 Å². The maximum absolute atomic E-state index is 11.7. The fourth-order valence-electron chi connectivity index (χ4n) is 2.91. The summed E-state index contributed by atoms with van der Waals surface area (Å²) in [5.41, 5.74) is 1.23. The summed E-state index contributed by atoms with van der Waals surface area (Å²) in [5.74, 6) is 1.69. The van der Waals surface area contributed by atoms with E-state index < -0.39 is 0 Å². The molecular weight excluding hydrogens is 344 g/mol. The van der Waals surface area contributed by atoms with Gasteiger partial charge in [0.25, 0.3) is 0 Å². The summed E-state index contributed by atoms with van der Waals surface area (Å²) < 4.78 is 10.8. The van der Waals surface area contributed by atoms with E-state index in [1.54, 1.807) is 11.9 Å². The number of likely N-dealkylation sites (tertiary alicyclic amines) is 1. The van der Waals surface area contributed by atoms with Crippen LogP contribution >= 0.6 is 0 Å². The van der Waals surface area contributed by atoms with Crippen molar-refractivity contribution in [2.24, 2.45) is 4.99 Å². The molecule has 0 atom stereocenters. The number of nitrogens with zero attached hydrogens (tertiary/aromatic N) is 2. The molecule has 0 bridgehead atoms. The van der Waals surface area contributed by atoms with Crippen molar-refractivity contribution >= 4 is 12.1 Å². The number of aliphatic imine (C=N–C) groups is 1. The Hall–Kier alpha value is -2.44. The Bertz CT molecular complexity index is 596. The molecule has 2 N–H and O–H groups in total. The first kappa shape index (κ1) is 20.9. The third-order valence-corrected chi connectivity index (χ3v) is 4.49. The van der Waals surface area contributed by atoms with Crippen LogP contribution < -0.4 is 15.4 Å². The van der Waals surface area contributed by atoms with Gasteiger partial charge in [0.05, 0.1) is 13.2 Å². The summed E-state index contributed by atoms with van der Waals surface area (Å²) in [6.45, 7) is 7.16. The summed E-state index contributed by atoms with van der Waals surface area (Å²) in [5, 5.41) is 6.75. The first-order valence-corrected chi connectivity index (χ1v) is 9.70. The Labute approximate surface area is 162 Å². The van der Waals surface area contributed by atoms with Crippen molar-refractivity contribution in [3.05, 3.63) is 29.8 Å². The second kappa shape index (κ2) is 11.3. The molecule has 1 aliphatic heterocycles. The number of ether oxygens (including phenoxy) is 2. The van der Waals surface area contributed by atoms with Gasteiger partial charge in [0.15, 0.2) is 5.96 Å². The number of nitrogens with one attached hydrogen (secondary N) is 2. The number of carbonyl (C=O) groups excluding carboxylic acids is 1.